The van der Waals surface area contributed by atoms with E-state index in [0.29, 0.717) is 11.4 Å². The molecular weight excluding hydrogens is 362 g/mol. The van der Waals surface area contributed by atoms with Gasteiger partial charge in [-0.3, -0.25) is 19.6 Å². The largest absolute Gasteiger partial charge is 0.480 e. The van der Waals surface area contributed by atoms with E-state index in [-0.39, 0.29) is 13.0 Å². The third-order valence-corrected chi connectivity index (χ3v) is 5.93. The summed E-state index contributed by atoms with van der Waals surface area (Å²) in [6.07, 6.45) is 0.932. The maximum atomic E-state index is 12.6. The van der Waals surface area contributed by atoms with Crippen molar-refractivity contribution in [3.8, 4) is 0 Å². The second-order valence-electron chi connectivity index (χ2n) is 6.22. The minimum absolute atomic E-state index is 0.00715. The first-order valence-electron chi connectivity index (χ1n) is 8.01. The molecule has 2 heterocycles. The number of carbonyl (C=O) groups excluding carboxylic acids is 2. The molecule has 2 atom stereocenters. The number of amides is 3. The van der Waals surface area contributed by atoms with E-state index in [9.17, 15) is 27.9 Å². The van der Waals surface area contributed by atoms with Gasteiger partial charge in [0.25, 0.3) is 5.91 Å². The molecule has 142 valence electrons. The number of carboxylic acid groups (broad SMARTS) is 1. The quantitative estimate of drug-likeness (QED) is 0.677. The summed E-state index contributed by atoms with van der Waals surface area (Å²) in [4.78, 5) is 42.5. The molecule has 26 heavy (non-hydrogen) atoms. The molecule has 10 heteroatoms. The van der Waals surface area contributed by atoms with Gasteiger partial charge in [0.1, 0.15) is 12.6 Å². The fourth-order valence-electron chi connectivity index (χ4n) is 3.04. The van der Waals surface area contributed by atoms with Gasteiger partial charge < -0.3 is 5.11 Å². The Morgan fingerprint density at radius 1 is 1.35 bits per heavy atom. The lowest BCUT2D eigenvalue weighted by molar-refractivity contribution is -0.142. The number of carboxylic acids is 1. The van der Waals surface area contributed by atoms with Crippen molar-refractivity contribution in [2.45, 2.75) is 38.1 Å². The number of rotatable bonds is 7. The van der Waals surface area contributed by atoms with Crippen LogP contribution in [-0.2, 0) is 26.0 Å². The van der Waals surface area contributed by atoms with Crippen LogP contribution in [0.5, 0.6) is 0 Å². The molecule has 0 aromatic carbocycles. The van der Waals surface area contributed by atoms with E-state index < -0.39 is 45.6 Å². The second-order valence-corrected chi connectivity index (χ2v) is 8.48. The van der Waals surface area contributed by atoms with Crippen LogP contribution < -0.4 is 0 Å². The third-order valence-electron chi connectivity index (χ3n) is 4.24. The van der Waals surface area contributed by atoms with Crippen molar-refractivity contribution >= 4 is 27.7 Å². The van der Waals surface area contributed by atoms with E-state index in [2.05, 4.69) is 4.98 Å². The molecule has 1 saturated heterocycles. The highest BCUT2D eigenvalue weighted by atomic mass is 32.2. The molecule has 1 aromatic heterocycles. The normalized spacial score (nSPS) is 17.5. The first-order valence-corrected chi connectivity index (χ1v) is 9.97. The Morgan fingerprint density at radius 3 is 2.50 bits per heavy atom. The second kappa shape index (κ2) is 7.40. The first-order chi connectivity index (χ1) is 12.1. The lowest BCUT2D eigenvalue weighted by Crippen LogP contribution is -2.52. The Kier molecular flexibility index (Phi) is 5.65. The van der Waals surface area contributed by atoms with Crippen LogP contribution in [-0.4, -0.2) is 70.3 Å². The zero-order chi connectivity index (χ0) is 19.6. The molecule has 0 bridgehead atoms. The van der Waals surface area contributed by atoms with Crippen LogP contribution in [0.3, 0.4) is 0 Å². The fourth-order valence-corrected chi connectivity index (χ4v) is 4.37. The summed E-state index contributed by atoms with van der Waals surface area (Å²) in [5, 5.41) is 8.22. The van der Waals surface area contributed by atoms with E-state index in [1.165, 1.54) is 6.92 Å². The fraction of sp³-hybridized carbons (Fsp3) is 0.500. The van der Waals surface area contributed by atoms with Gasteiger partial charge in [-0.15, -0.1) is 0 Å². The van der Waals surface area contributed by atoms with E-state index in [1.807, 2.05) is 0 Å². The van der Waals surface area contributed by atoms with Crippen LogP contribution >= 0.6 is 0 Å². The average Bonchev–Trinajstić information content (AvgIpc) is 2.78. The number of sulfone groups is 1. The van der Waals surface area contributed by atoms with Crippen molar-refractivity contribution in [2.75, 3.05) is 12.8 Å². The number of imide groups is 1. The summed E-state index contributed by atoms with van der Waals surface area (Å²) >= 11 is 0. The molecule has 9 nitrogen and oxygen atoms in total. The maximum Gasteiger partial charge on any atom is 0.328 e. The number of aromatic nitrogens is 1. The molecule has 0 saturated carbocycles. The van der Waals surface area contributed by atoms with E-state index in [0.717, 1.165) is 16.1 Å². The van der Waals surface area contributed by atoms with Crippen LogP contribution in [0, 0.1) is 6.92 Å². The van der Waals surface area contributed by atoms with Gasteiger partial charge in [-0.25, -0.2) is 18.0 Å². The highest BCUT2D eigenvalue weighted by Gasteiger charge is 2.47. The predicted molar refractivity (Wildman–Crippen MR) is 92.0 cm³/mol. The van der Waals surface area contributed by atoms with Crippen molar-refractivity contribution in [1.29, 1.82) is 0 Å². The van der Waals surface area contributed by atoms with Gasteiger partial charge in [0, 0.05) is 11.9 Å². The Bertz CT molecular complexity index is 838. The number of aryl methyl sites for hydroxylation is 1. The lowest BCUT2D eigenvalue weighted by Gasteiger charge is -2.29. The van der Waals surface area contributed by atoms with Gasteiger partial charge in [0.15, 0.2) is 9.84 Å². The van der Waals surface area contributed by atoms with Crippen molar-refractivity contribution < 1.29 is 27.9 Å². The Labute approximate surface area is 151 Å². The van der Waals surface area contributed by atoms with Gasteiger partial charge in [-0.2, -0.15) is 0 Å². The highest BCUT2D eigenvalue weighted by Crippen LogP contribution is 2.23. The number of hydrogen-bond donors (Lipinski definition) is 1. The van der Waals surface area contributed by atoms with Gasteiger partial charge in [-0.05, 0) is 25.5 Å². The molecule has 1 aliphatic rings. The zero-order valence-electron chi connectivity index (χ0n) is 14.7. The summed E-state index contributed by atoms with van der Waals surface area (Å²) in [6, 6.07) is 2.70. The number of carbonyl (C=O) groups is 3. The van der Waals surface area contributed by atoms with Crippen molar-refractivity contribution in [3.63, 3.8) is 0 Å². The van der Waals surface area contributed by atoms with E-state index >= 15 is 0 Å². The third kappa shape index (κ3) is 4.01. The maximum absolute atomic E-state index is 12.6. The number of hydrogen-bond acceptors (Lipinski definition) is 6. The number of nitrogens with zero attached hydrogens (tertiary/aromatic N) is 3. The van der Waals surface area contributed by atoms with Crippen LogP contribution in [0.25, 0.3) is 0 Å². The summed E-state index contributed by atoms with van der Waals surface area (Å²) in [7, 11) is -3.74. The molecule has 0 unspecified atom stereocenters. The molecule has 1 aliphatic heterocycles. The van der Waals surface area contributed by atoms with Gasteiger partial charge in [0.2, 0.25) is 0 Å². The molecule has 2 rings (SSSR count). The Morgan fingerprint density at radius 2 is 2.00 bits per heavy atom. The summed E-state index contributed by atoms with van der Waals surface area (Å²) in [6.45, 7) is 2.71. The number of urea groups is 1. The average molecular weight is 383 g/mol. The minimum atomic E-state index is -3.74. The monoisotopic (exact) mass is 383 g/mol. The molecule has 0 spiro atoms. The van der Waals surface area contributed by atoms with Crippen LogP contribution in [0.4, 0.5) is 4.79 Å². The standard InChI is InChI=1S/C16H21N3O6S/c1-4-12(26(3,24)25)14(15(21)22)19-9-13(20)18(16(19)23)8-11-7-5-6-10(2)17-11/h5-7,12,14H,4,8-9H2,1-3H3,(H,21,22)/t12-,14+/m0/s1. The summed E-state index contributed by atoms with van der Waals surface area (Å²) in [5.41, 5.74) is 1.19. The summed E-state index contributed by atoms with van der Waals surface area (Å²) in [5.74, 6) is -2.05. The highest BCUT2D eigenvalue weighted by molar-refractivity contribution is 7.91. The zero-order valence-corrected chi connectivity index (χ0v) is 15.6. The SMILES string of the molecule is CC[C@@H]([C@H](C(=O)O)N1CC(=O)N(Cc2cccc(C)n2)C1=O)S(C)(=O)=O. The smallest absolute Gasteiger partial charge is 0.328 e. The van der Waals surface area contributed by atoms with Crippen molar-refractivity contribution in [3.05, 3.63) is 29.6 Å². The molecule has 0 aliphatic carbocycles. The van der Waals surface area contributed by atoms with Crippen molar-refractivity contribution in [1.82, 2.24) is 14.8 Å². The Hall–Kier alpha value is -2.49. The number of pyridine rings is 1. The van der Waals surface area contributed by atoms with Gasteiger partial charge >= 0.3 is 12.0 Å². The van der Waals surface area contributed by atoms with Gasteiger partial charge in [-0.1, -0.05) is 13.0 Å². The predicted octanol–water partition coefficient (Wildman–Crippen LogP) is 0.431. The van der Waals surface area contributed by atoms with Crippen LogP contribution in [0.15, 0.2) is 18.2 Å². The first kappa shape index (κ1) is 19.8. The van der Waals surface area contributed by atoms with E-state index in [4.69, 9.17) is 0 Å². The summed E-state index contributed by atoms with van der Waals surface area (Å²) < 4.78 is 23.9. The van der Waals surface area contributed by atoms with E-state index in [1.54, 1.807) is 25.1 Å². The molecule has 1 fully saturated rings. The van der Waals surface area contributed by atoms with Crippen LogP contribution in [0.2, 0.25) is 0 Å². The van der Waals surface area contributed by atoms with Crippen LogP contribution in [0.1, 0.15) is 24.7 Å². The molecule has 0 radical (unpaired) electrons. The molecular formula is C16H21N3O6S. The molecule has 1 aromatic rings. The van der Waals surface area contributed by atoms with Gasteiger partial charge in [0.05, 0.1) is 17.5 Å². The Balaban J connectivity index is 2.31. The molecule has 3 amide bonds. The lowest BCUT2D eigenvalue weighted by atomic mass is 10.1. The molecule has 1 N–H and O–H groups in total. The topological polar surface area (TPSA) is 125 Å². The van der Waals surface area contributed by atoms with Crippen molar-refractivity contribution in [2.24, 2.45) is 0 Å². The number of aliphatic carboxylic acids is 1. The minimum Gasteiger partial charge on any atom is -0.480 e.